The van der Waals surface area contributed by atoms with Gasteiger partial charge in [0.05, 0.1) is 11.6 Å². The molecule has 0 radical (unpaired) electrons. The van der Waals surface area contributed by atoms with E-state index in [1.165, 1.54) is 12.1 Å². The average Bonchev–Trinajstić information content (AvgIpc) is 3.13. The second-order valence-electron chi connectivity index (χ2n) is 6.83. The van der Waals surface area contributed by atoms with Crippen molar-refractivity contribution < 1.29 is 9.18 Å². The molecule has 27 heavy (non-hydrogen) atoms. The Bertz CT molecular complexity index is 1090. The van der Waals surface area contributed by atoms with Crippen LogP contribution in [-0.4, -0.2) is 44.9 Å². The van der Waals surface area contributed by atoms with Crippen LogP contribution in [-0.2, 0) is 0 Å². The van der Waals surface area contributed by atoms with E-state index in [0.717, 1.165) is 25.1 Å². The zero-order valence-corrected chi connectivity index (χ0v) is 14.4. The number of nitrogens with zero attached hydrogens (tertiary/aromatic N) is 3. The van der Waals surface area contributed by atoms with Crippen molar-refractivity contribution in [2.24, 2.45) is 5.92 Å². The number of halogens is 1. The summed E-state index contributed by atoms with van der Waals surface area (Å²) in [6.07, 6.45) is 2.56. The molecule has 3 aliphatic heterocycles. The number of fused-ring (bicyclic) bond motifs is 3. The van der Waals surface area contributed by atoms with Gasteiger partial charge in [-0.25, -0.2) is 14.4 Å². The topological polar surface area (TPSA) is 73.9 Å². The molecule has 0 spiro atoms. The highest BCUT2D eigenvalue weighted by Gasteiger charge is 2.32. The molecule has 1 fully saturated rings. The summed E-state index contributed by atoms with van der Waals surface area (Å²) in [6, 6.07) is 10.8. The Balaban J connectivity index is 1.45. The molecule has 1 amide bonds. The Hall–Kier alpha value is -3.40. The predicted octanol–water partition coefficient (Wildman–Crippen LogP) is 2.16. The highest BCUT2D eigenvalue weighted by Crippen LogP contribution is 2.24. The molecule has 0 aliphatic carbocycles. The third kappa shape index (κ3) is 2.79. The van der Waals surface area contributed by atoms with Crippen LogP contribution >= 0.6 is 0 Å². The highest BCUT2D eigenvalue weighted by molar-refractivity contribution is 6.04. The molecule has 2 bridgehead atoms. The lowest BCUT2D eigenvalue weighted by atomic mass is 9.89. The van der Waals surface area contributed by atoms with Crippen molar-refractivity contribution >= 4 is 17.1 Å². The van der Waals surface area contributed by atoms with E-state index in [1.54, 1.807) is 24.4 Å². The maximum Gasteiger partial charge on any atom is 0.253 e. The summed E-state index contributed by atoms with van der Waals surface area (Å²) in [5.74, 6) is 3.44. The number of rotatable bonds is 3. The summed E-state index contributed by atoms with van der Waals surface area (Å²) >= 11 is 0. The van der Waals surface area contributed by atoms with E-state index in [2.05, 4.69) is 32.2 Å². The molecule has 2 unspecified atom stereocenters. The molecular weight excluding hydrogens is 345 g/mol. The Kier molecular flexibility index (Phi) is 3.57. The Morgan fingerprint density at radius 3 is 2.85 bits per heavy atom. The first-order valence-electron chi connectivity index (χ1n) is 8.85. The van der Waals surface area contributed by atoms with E-state index in [-0.39, 0.29) is 23.7 Å². The summed E-state index contributed by atoms with van der Waals surface area (Å²) < 4.78 is 13.2. The van der Waals surface area contributed by atoms with Gasteiger partial charge < -0.3 is 15.2 Å². The predicted molar refractivity (Wildman–Crippen MR) is 98.0 cm³/mol. The molecule has 134 valence electrons. The number of nitrogens with one attached hydrogen (secondary N) is 2. The summed E-state index contributed by atoms with van der Waals surface area (Å²) in [5, 5.41) is 3.10. The number of carbonyl (C=O) groups is 1. The van der Waals surface area contributed by atoms with Gasteiger partial charge in [0.25, 0.3) is 5.91 Å². The summed E-state index contributed by atoms with van der Waals surface area (Å²) in [7, 11) is 0. The SMILES string of the molecule is O=C(NC1CN2C#CC1CC2)c1ccnc2[nH]c(-c3ccc(F)cc3)nc12. The third-order valence-corrected chi connectivity index (χ3v) is 5.08. The van der Waals surface area contributed by atoms with Crippen molar-refractivity contribution in [1.29, 1.82) is 0 Å². The van der Waals surface area contributed by atoms with Crippen LogP contribution in [0, 0.1) is 23.7 Å². The molecule has 3 aliphatic rings. The summed E-state index contributed by atoms with van der Waals surface area (Å²) in [5.41, 5.74) is 2.22. The average molecular weight is 361 g/mol. The Morgan fingerprint density at radius 2 is 2.15 bits per heavy atom. The van der Waals surface area contributed by atoms with Gasteiger partial charge in [-0.1, -0.05) is 5.92 Å². The normalized spacial score (nSPS) is 20.4. The van der Waals surface area contributed by atoms with Crippen molar-refractivity contribution in [2.45, 2.75) is 12.5 Å². The van der Waals surface area contributed by atoms with Crippen molar-refractivity contribution in [2.75, 3.05) is 13.1 Å². The van der Waals surface area contributed by atoms with E-state index in [9.17, 15) is 9.18 Å². The number of hydrogen-bond acceptors (Lipinski definition) is 4. The van der Waals surface area contributed by atoms with Crippen LogP contribution < -0.4 is 5.32 Å². The minimum absolute atomic E-state index is 0.0197. The van der Waals surface area contributed by atoms with Crippen LogP contribution in [0.15, 0.2) is 36.5 Å². The maximum atomic E-state index is 13.2. The Labute approximate surface area is 154 Å². The van der Waals surface area contributed by atoms with E-state index in [4.69, 9.17) is 0 Å². The van der Waals surface area contributed by atoms with Crippen molar-refractivity contribution in [3.05, 3.63) is 47.9 Å². The molecule has 1 aromatic carbocycles. The van der Waals surface area contributed by atoms with E-state index < -0.39 is 0 Å². The first-order valence-corrected chi connectivity index (χ1v) is 8.85. The van der Waals surface area contributed by atoms with E-state index in [0.29, 0.717) is 22.6 Å². The lowest BCUT2D eigenvalue weighted by molar-refractivity contribution is 0.0899. The minimum Gasteiger partial charge on any atom is -0.346 e. The fourth-order valence-electron chi connectivity index (χ4n) is 3.63. The number of carbonyl (C=O) groups excluding carboxylic acids is 1. The molecule has 6 nitrogen and oxygen atoms in total. The van der Waals surface area contributed by atoms with Crippen LogP contribution in [0.1, 0.15) is 16.8 Å². The van der Waals surface area contributed by atoms with Crippen molar-refractivity contribution in [1.82, 2.24) is 25.2 Å². The van der Waals surface area contributed by atoms with Gasteiger partial charge in [0, 0.05) is 36.8 Å². The van der Waals surface area contributed by atoms with Gasteiger partial charge in [0.2, 0.25) is 0 Å². The zero-order chi connectivity index (χ0) is 18.4. The lowest BCUT2D eigenvalue weighted by Gasteiger charge is -2.38. The van der Waals surface area contributed by atoms with Crippen LogP contribution in [0.5, 0.6) is 0 Å². The van der Waals surface area contributed by atoms with Crippen LogP contribution in [0.2, 0.25) is 0 Å². The van der Waals surface area contributed by atoms with Crippen molar-refractivity contribution in [3.63, 3.8) is 0 Å². The van der Waals surface area contributed by atoms with Crippen LogP contribution in [0.25, 0.3) is 22.6 Å². The van der Waals surface area contributed by atoms with Gasteiger partial charge >= 0.3 is 0 Å². The van der Waals surface area contributed by atoms with Gasteiger partial charge in [0.1, 0.15) is 17.2 Å². The summed E-state index contributed by atoms with van der Waals surface area (Å²) in [4.78, 5) is 26.8. The van der Waals surface area contributed by atoms with Crippen LogP contribution in [0.3, 0.4) is 0 Å². The van der Waals surface area contributed by atoms with Crippen LogP contribution in [0.4, 0.5) is 4.39 Å². The number of imidazole rings is 1. The molecule has 2 aromatic heterocycles. The highest BCUT2D eigenvalue weighted by atomic mass is 19.1. The molecule has 7 heteroatoms. The molecule has 2 atom stereocenters. The molecule has 0 saturated carbocycles. The molecule has 3 aromatic rings. The van der Waals surface area contributed by atoms with Gasteiger partial charge in [-0.15, -0.1) is 0 Å². The van der Waals surface area contributed by atoms with Gasteiger partial charge in [-0.3, -0.25) is 4.79 Å². The maximum absolute atomic E-state index is 13.2. The molecular formula is C20H16FN5O. The zero-order valence-electron chi connectivity index (χ0n) is 14.4. The van der Waals surface area contributed by atoms with Crippen molar-refractivity contribution in [3.8, 4) is 23.4 Å². The van der Waals surface area contributed by atoms with Gasteiger partial charge in [-0.2, -0.15) is 0 Å². The first kappa shape index (κ1) is 15.8. The van der Waals surface area contributed by atoms with Gasteiger partial charge in [0.15, 0.2) is 5.65 Å². The van der Waals surface area contributed by atoms with E-state index in [1.807, 2.05) is 4.90 Å². The number of amides is 1. The van der Waals surface area contributed by atoms with E-state index >= 15 is 0 Å². The standard InChI is InChI=1S/C20H16FN5O/c21-14-3-1-13(2-4-14)18-24-17-15(5-8-22-19(17)25-18)20(27)23-16-11-26-9-6-12(16)7-10-26/h1-5,8,12,16H,6,9,11H2,(H,23,27)(H,22,24,25). The second kappa shape index (κ2) is 6.09. The monoisotopic (exact) mass is 361 g/mol. The molecule has 2 N–H and O–H groups in total. The molecule has 5 heterocycles. The van der Waals surface area contributed by atoms with Gasteiger partial charge in [-0.05, 0) is 36.8 Å². The molecule has 1 saturated heterocycles. The fourth-order valence-corrected chi connectivity index (χ4v) is 3.63. The number of H-pyrrole nitrogens is 1. The number of aromatic nitrogens is 3. The number of aromatic amines is 1. The molecule has 6 rings (SSSR count). The number of pyridine rings is 1. The fraction of sp³-hybridized carbons (Fsp3) is 0.250. The smallest absolute Gasteiger partial charge is 0.253 e. The largest absolute Gasteiger partial charge is 0.346 e. The quantitative estimate of drug-likeness (QED) is 0.701. The number of benzene rings is 1. The summed E-state index contributed by atoms with van der Waals surface area (Å²) in [6.45, 7) is 1.71. The number of piperidine rings is 1. The second-order valence-corrected chi connectivity index (χ2v) is 6.83. The Morgan fingerprint density at radius 1 is 1.30 bits per heavy atom. The third-order valence-electron chi connectivity index (χ3n) is 5.08. The lowest BCUT2D eigenvalue weighted by Crippen LogP contribution is -2.53. The first-order chi connectivity index (χ1) is 13.2. The number of hydrogen-bond donors (Lipinski definition) is 2. The minimum atomic E-state index is -0.311.